The molecule has 1 aromatic carbocycles. The largest absolute Gasteiger partial charge is 0.487 e. The number of aryl methyl sites for hydroxylation is 2. The van der Waals surface area contributed by atoms with Crippen LogP contribution in [0.2, 0.25) is 0 Å². The highest BCUT2D eigenvalue weighted by atomic mass is 19.4. The van der Waals surface area contributed by atoms with E-state index in [2.05, 4.69) is 15.5 Å². The summed E-state index contributed by atoms with van der Waals surface area (Å²) in [5, 5.41) is 10.8. The molecule has 31 heavy (non-hydrogen) atoms. The summed E-state index contributed by atoms with van der Waals surface area (Å²) in [4.78, 5) is 14.4. The summed E-state index contributed by atoms with van der Waals surface area (Å²) in [6, 6.07) is 2.10. The van der Waals surface area contributed by atoms with Gasteiger partial charge in [-0.25, -0.2) is 4.39 Å². The number of amides is 1. The number of benzene rings is 1. The van der Waals surface area contributed by atoms with Crippen LogP contribution in [0.4, 0.5) is 29.1 Å². The fraction of sp³-hybridized carbons (Fsp3) is 0.316. The van der Waals surface area contributed by atoms with Gasteiger partial charge in [0, 0.05) is 26.4 Å². The van der Waals surface area contributed by atoms with E-state index in [1.807, 2.05) is 0 Å². The van der Waals surface area contributed by atoms with Gasteiger partial charge in [0.2, 0.25) is 0 Å². The van der Waals surface area contributed by atoms with Crippen molar-refractivity contribution in [1.82, 2.24) is 19.6 Å². The zero-order valence-corrected chi connectivity index (χ0v) is 16.5. The summed E-state index contributed by atoms with van der Waals surface area (Å²) < 4.78 is 60.7. The van der Waals surface area contributed by atoms with Gasteiger partial charge in [-0.1, -0.05) is 0 Å². The number of carbonyl (C=O) groups excluding carboxylic acids is 1. The summed E-state index contributed by atoms with van der Waals surface area (Å²) in [5.41, 5.74) is -0.256. The normalized spacial score (nSPS) is 14.5. The number of hydrogen-bond acceptors (Lipinski definition) is 5. The molecule has 1 saturated heterocycles. The third-order valence-electron chi connectivity index (χ3n) is 4.76. The van der Waals surface area contributed by atoms with E-state index in [1.165, 1.54) is 17.1 Å². The molecule has 0 atom stereocenters. The second-order valence-electron chi connectivity index (χ2n) is 7.18. The molecule has 3 heterocycles. The number of nitrogens with zero attached hydrogens (tertiary/aromatic N) is 5. The highest BCUT2D eigenvalue weighted by molar-refractivity contribution is 6.07. The van der Waals surface area contributed by atoms with E-state index in [1.54, 1.807) is 29.9 Å². The van der Waals surface area contributed by atoms with Crippen molar-refractivity contribution in [2.24, 2.45) is 14.1 Å². The Morgan fingerprint density at radius 3 is 2.55 bits per heavy atom. The molecule has 1 aliphatic heterocycles. The van der Waals surface area contributed by atoms with Crippen molar-refractivity contribution in [3.05, 3.63) is 53.7 Å². The van der Waals surface area contributed by atoms with Crippen molar-refractivity contribution < 1.29 is 27.1 Å². The number of alkyl halides is 3. The predicted octanol–water partition coefficient (Wildman–Crippen LogP) is 2.83. The summed E-state index contributed by atoms with van der Waals surface area (Å²) in [6.07, 6.45) is -0.549. The van der Waals surface area contributed by atoms with Crippen LogP contribution < -0.4 is 15.0 Å². The second kappa shape index (κ2) is 7.60. The molecule has 1 aliphatic rings. The lowest BCUT2D eigenvalue weighted by Crippen LogP contribution is -2.55. The maximum atomic E-state index is 13.6. The first kappa shape index (κ1) is 20.7. The number of rotatable bonds is 5. The number of hydrogen-bond donors (Lipinski definition) is 1. The molecule has 3 aromatic rings. The fourth-order valence-electron chi connectivity index (χ4n) is 3.32. The molecule has 0 radical (unpaired) electrons. The first-order valence-corrected chi connectivity index (χ1v) is 9.21. The Kier molecular flexibility index (Phi) is 5.07. The molecule has 2 aromatic heterocycles. The van der Waals surface area contributed by atoms with Crippen LogP contribution in [-0.4, -0.2) is 44.7 Å². The Morgan fingerprint density at radius 1 is 1.16 bits per heavy atom. The molecule has 0 saturated carbocycles. The van der Waals surface area contributed by atoms with Crippen LogP contribution in [0.25, 0.3) is 0 Å². The van der Waals surface area contributed by atoms with Gasteiger partial charge in [0.15, 0.2) is 0 Å². The summed E-state index contributed by atoms with van der Waals surface area (Å²) >= 11 is 0. The number of halogens is 4. The lowest BCUT2D eigenvalue weighted by molar-refractivity contribution is -0.137. The second-order valence-corrected chi connectivity index (χ2v) is 7.18. The molecule has 1 N–H and O–H groups in total. The summed E-state index contributed by atoms with van der Waals surface area (Å²) in [6.45, 7) is 0.592. The minimum atomic E-state index is -4.67. The Morgan fingerprint density at radius 2 is 1.90 bits per heavy atom. The number of anilines is 2. The van der Waals surface area contributed by atoms with Crippen LogP contribution in [0.15, 0.2) is 36.8 Å². The first-order valence-electron chi connectivity index (χ1n) is 9.21. The molecule has 0 bridgehead atoms. The van der Waals surface area contributed by atoms with Gasteiger partial charge in [-0.05, 0) is 12.1 Å². The van der Waals surface area contributed by atoms with Crippen molar-refractivity contribution >= 4 is 17.4 Å². The van der Waals surface area contributed by atoms with E-state index in [0.29, 0.717) is 36.2 Å². The molecule has 1 amide bonds. The van der Waals surface area contributed by atoms with Crippen molar-refractivity contribution in [3.8, 4) is 5.75 Å². The topological polar surface area (TPSA) is 77.2 Å². The molecule has 1 fully saturated rings. The van der Waals surface area contributed by atoms with Gasteiger partial charge in [0.05, 0.1) is 36.7 Å². The van der Waals surface area contributed by atoms with Crippen LogP contribution >= 0.6 is 0 Å². The molecular formula is C19H18F4N6O2. The van der Waals surface area contributed by atoms with Crippen molar-refractivity contribution in [3.63, 3.8) is 0 Å². The van der Waals surface area contributed by atoms with Gasteiger partial charge in [-0.2, -0.15) is 23.4 Å². The van der Waals surface area contributed by atoms with Crippen LogP contribution in [0.1, 0.15) is 15.9 Å². The van der Waals surface area contributed by atoms with E-state index in [-0.39, 0.29) is 11.7 Å². The van der Waals surface area contributed by atoms with Crippen molar-refractivity contribution in [2.75, 3.05) is 23.3 Å². The van der Waals surface area contributed by atoms with E-state index in [4.69, 9.17) is 4.74 Å². The maximum Gasteiger partial charge on any atom is 0.416 e. The van der Waals surface area contributed by atoms with Gasteiger partial charge < -0.3 is 15.0 Å². The quantitative estimate of drug-likeness (QED) is 0.620. The Balaban J connectivity index is 1.43. The Hall–Kier alpha value is -3.57. The molecule has 0 unspecified atom stereocenters. The first-order chi connectivity index (χ1) is 14.6. The smallest absolute Gasteiger partial charge is 0.416 e. The lowest BCUT2D eigenvalue weighted by Gasteiger charge is -2.40. The predicted molar refractivity (Wildman–Crippen MR) is 102 cm³/mol. The van der Waals surface area contributed by atoms with E-state index >= 15 is 0 Å². The van der Waals surface area contributed by atoms with E-state index < -0.39 is 23.7 Å². The Labute approximate surface area is 174 Å². The van der Waals surface area contributed by atoms with Gasteiger partial charge in [0.25, 0.3) is 5.91 Å². The Bertz CT molecular complexity index is 1120. The highest BCUT2D eigenvalue weighted by Gasteiger charge is 2.35. The SMILES string of the molecule is Cn1cc(NC(=O)c2cnn(C)c2N2CC(Oc3cc(F)cc(C(F)(F)F)c3)C2)cn1. The van der Waals surface area contributed by atoms with Crippen molar-refractivity contribution in [2.45, 2.75) is 12.3 Å². The van der Waals surface area contributed by atoms with E-state index in [0.717, 1.165) is 12.1 Å². The van der Waals surface area contributed by atoms with E-state index in [9.17, 15) is 22.4 Å². The number of nitrogens with one attached hydrogen (secondary N) is 1. The molecule has 12 heteroatoms. The highest BCUT2D eigenvalue weighted by Crippen LogP contribution is 2.34. The van der Waals surface area contributed by atoms with Gasteiger partial charge in [-0.15, -0.1) is 0 Å². The molecule has 0 aliphatic carbocycles. The molecule has 0 spiro atoms. The molecule has 8 nitrogen and oxygen atoms in total. The zero-order valence-electron chi connectivity index (χ0n) is 16.5. The minimum absolute atomic E-state index is 0.198. The van der Waals surface area contributed by atoms with Crippen LogP contribution in [-0.2, 0) is 20.3 Å². The minimum Gasteiger partial charge on any atom is -0.487 e. The third kappa shape index (κ3) is 4.32. The maximum absolute atomic E-state index is 13.6. The van der Waals surface area contributed by atoms with Crippen LogP contribution in [0.3, 0.4) is 0 Å². The van der Waals surface area contributed by atoms with Gasteiger partial charge in [0.1, 0.15) is 29.1 Å². The summed E-state index contributed by atoms with van der Waals surface area (Å²) in [5.74, 6) is -1.06. The van der Waals surface area contributed by atoms with Crippen LogP contribution in [0, 0.1) is 5.82 Å². The monoisotopic (exact) mass is 438 g/mol. The molecule has 164 valence electrons. The molecule has 4 rings (SSSR count). The number of ether oxygens (including phenoxy) is 1. The van der Waals surface area contributed by atoms with Crippen LogP contribution in [0.5, 0.6) is 5.75 Å². The summed E-state index contributed by atoms with van der Waals surface area (Å²) in [7, 11) is 3.40. The fourth-order valence-corrected chi connectivity index (χ4v) is 3.32. The standard InChI is InChI=1S/C19H18F4N6O2/c1-27-8-13(6-24-27)26-17(30)16-7-25-28(2)18(16)29-9-15(10-29)31-14-4-11(19(21,22)23)3-12(20)5-14/h3-8,15H,9-10H2,1-2H3,(H,26,30). The average Bonchev–Trinajstić information content (AvgIpc) is 3.22. The van der Waals surface area contributed by atoms with Gasteiger partial charge >= 0.3 is 6.18 Å². The van der Waals surface area contributed by atoms with Gasteiger partial charge in [-0.3, -0.25) is 14.2 Å². The van der Waals surface area contributed by atoms with Crippen molar-refractivity contribution in [1.29, 1.82) is 0 Å². The third-order valence-corrected chi connectivity index (χ3v) is 4.76. The molecular weight excluding hydrogens is 420 g/mol. The number of aromatic nitrogens is 4. The lowest BCUT2D eigenvalue weighted by atomic mass is 10.1. The average molecular weight is 438 g/mol. The number of carbonyl (C=O) groups is 1. The zero-order chi connectivity index (χ0) is 22.3.